The molecule has 0 radical (unpaired) electrons. The average Bonchev–Trinajstić information content (AvgIpc) is 2.82. The summed E-state index contributed by atoms with van der Waals surface area (Å²) < 4.78 is 30.8. The van der Waals surface area contributed by atoms with Crippen molar-refractivity contribution in [2.24, 2.45) is 14.1 Å². The molecule has 0 saturated carbocycles. The molecule has 0 bridgehead atoms. The van der Waals surface area contributed by atoms with Crippen LogP contribution in [0.3, 0.4) is 0 Å². The van der Waals surface area contributed by atoms with Crippen LogP contribution in [0.5, 0.6) is 0 Å². The van der Waals surface area contributed by atoms with E-state index in [9.17, 15) is 22.8 Å². The minimum absolute atomic E-state index is 0.0859. The number of sulfonamides is 1. The molecule has 2 N–H and O–H groups in total. The third-order valence-corrected chi connectivity index (χ3v) is 7.26. The Morgan fingerprint density at radius 3 is 2.58 bits per heavy atom. The molecule has 0 spiro atoms. The second-order valence-corrected chi connectivity index (χ2v) is 10.1. The first kappa shape index (κ1) is 24.7. The van der Waals surface area contributed by atoms with Crippen LogP contribution in [0.4, 0.5) is 0 Å². The van der Waals surface area contributed by atoms with Gasteiger partial charge in [0.2, 0.25) is 15.9 Å². The molecule has 1 aromatic carbocycles. The van der Waals surface area contributed by atoms with Crippen molar-refractivity contribution < 1.29 is 13.2 Å². The van der Waals surface area contributed by atoms with Gasteiger partial charge in [0.15, 0.2) is 0 Å². The number of thioether (sulfide) groups is 1. The number of carbonyl (C=O) groups is 1. The lowest BCUT2D eigenvalue weighted by molar-refractivity contribution is -0.122. The Bertz CT molecular complexity index is 1380. The maximum absolute atomic E-state index is 13.1. The van der Waals surface area contributed by atoms with Gasteiger partial charge in [-0.3, -0.25) is 23.7 Å². The molecule has 33 heavy (non-hydrogen) atoms. The third-order valence-electron chi connectivity index (χ3n) is 5.14. The summed E-state index contributed by atoms with van der Waals surface area (Å²) in [6.07, 6.45) is 3.74. The van der Waals surface area contributed by atoms with Crippen molar-refractivity contribution in [3.8, 4) is 0 Å². The molecule has 0 fully saturated rings. The summed E-state index contributed by atoms with van der Waals surface area (Å²) in [5, 5.41) is 2.80. The molecule has 0 aliphatic heterocycles. The summed E-state index contributed by atoms with van der Waals surface area (Å²) in [6.45, 7) is 0.164. The summed E-state index contributed by atoms with van der Waals surface area (Å²) in [5.41, 5.74) is -0.150. The molecule has 1 atom stereocenters. The van der Waals surface area contributed by atoms with Crippen molar-refractivity contribution in [3.63, 3.8) is 0 Å². The number of benzene rings is 1. The maximum Gasteiger partial charge on any atom is 0.330 e. The lowest BCUT2D eigenvalue weighted by atomic mass is 10.2. The number of fused-ring (bicyclic) bond motifs is 1. The van der Waals surface area contributed by atoms with E-state index in [-0.39, 0.29) is 23.2 Å². The van der Waals surface area contributed by atoms with E-state index in [1.54, 1.807) is 24.4 Å². The summed E-state index contributed by atoms with van der Waals surface area (Å²) in [6, 6.07) is 8.23. The van der Waals surface area contributed by atoms with E-state index in [1.807, 2.05) is 6.26 Å². The molecule has 1 amide bonds. The summed E-state index contributed by atoms with van der Waals surface area (Å²) in [5.74, 6) is 0.0854. The first-order chi connectivity index (χ1) is 15.7. The number of aromatic nitrogens is 3. The zero-order chi connectivity index (χ0) is 24.2. The maximum atomic E-state index is 13.1. The average molecular weight is 492 g/mol. The van der Waals surface area contributed by atoms with Crippen LogP contribution in [0.2, 0.25) is 0 Å². The van der Waals surface area contributed by atoms with Gasteiger partial charge in [0.1, 0.15) is 6.04 Å². The van der Waals surface area contributed by atoms with E-state index < -0.39 is 33.2 Å². The standard InChI is InChI=1S/C21H25N5O5S2/c1-25-18-8-7-15(12-16(18)20(28)26(2)21(25)29)33(30,31)24-17(9-11-32-3)19(27)23-13-14-6-4-5-10-22-14/h4-8,10,12,17,24H,9,11,13H2,1-3H3,(H,23,27). The lowest BCUT2D eigenvalue weighted by Gasteiger charge is -2.18. The molecule has 3 aromatic rings. The smallest absolute Gasteiger partial charge is 0.330 e. The Hall–Kier alpha value is -2.96. The van der Waals surface area contributed by atoms with Crippen molar-refractivity contribution in [2.45, 2.75) is 23.9 Å². The monoisotopic (exact) mass is 491 g/mol. The van der Waals surface area contributed by atoms with E-state index in [0.29, 0.717) is 17.0 Å². The van der Waals surface area contributed by atoms with Crippen LogP contribution in [0.15, 0.2) is 57.1 Å². The molecule has 176 valence electrons. The Balaban J connectivity index is 1.88. The number of hydrogen-bond acceptors (Lipinski definition) is 7. The molecule has 0 aliphatic carbocycles. The first-order valence-electron chi connectivity index (χ1n) is 10.0. The fourth-order valence-corrected chi connectivity index (χ4v) is 5.01. The van der Waals surface area contributed by atoms with Gasteiger partial charge < -0.3 is 5.32 Å². The minimum atomic E-state index is -4.13. The Labute approximate surface area is 195 Å². The number of pyridine rings is 1. The van der Waals surface area contributed by atoms with Crippen LogP contribution in [-0.2, 0) is 35.5 Å². The fourth-order valence-electron chi connectivity index (χ4n) is 3.28. The molecule has 10 nitrogen and oxygen atoms in total. The van der Waals surface area contributed by atoms with Gasteiger partial charge in [0.05, 0.1) is 28.0 Å². The van der Waals surface area contributed by atoms with E-state index in [1.165, 1.54) is 48.6 Å². The van der Waals surface area contributed by atoms with Crippen LogP contribution in [0, 0.1) is 0 Å². The highest BCUT2D eigenvalue weighted by molar-refractivity contribution is 7.98. The molecule has 0 aliphatic rings. The summed E-state index contributed by atoms with van der Waals surface area (Å²) in [7, 11) is -1.30. The van der Waals surface area contributed by atoms with Gasteiger partial charge in [-0.2, -0.15) is 16.5 Å². The highest BCUT2D eigenvalue weighted by atomic mass is 32.2. The van der Waals surface area contributed by atoms with Gasteiger partial charge in [-0.25, -0.2) is 13.2 Å². The quantitative estimate of drug-likeness (QED) is 0.441. The Kier molecular flexibility index (Phi) is 7.72. The number of carbonyl (C=O) groups excluding carboxylic acids is 1. The van der Waals surface area contributed by atoms with E-state index in [0.717, 1.165) is 4.57 Å². The largest absolute Gasteiger partial charge is 0.349 e. The van der Waals surface area contributed by atoms with Crippen LogP contribution in [0.1, 0.15) is 12.1 Å². The third kappa shape index (κ3) is 5.52. The SMILES string of the molecule is CSCCC(NS(=O)(=O)c1ccc2c(c1)c(=O)n(C)c(=O)n2C)C(=O)NCc1ccccn1. The van der Waals surface area contributed by atoms with Gasteiger partial charge in [0.25, 0.3) is 5.56 Å². The lowest BCUT2D eigenvalue weighted by Crippen LogP contribution is -2.46. The molecule has 2 heterocycles. The van der Waals surface area contributed by atoms with Gasteiger partial charge in [0, 0.05) is 20.3 Å². The van der Waals surface area contributed by atoms with Crippen molar-refractivity contribution in [1.29, 1.82) is 0 Å². The molecule has 0 saturated heterocycles. The zero-order valence-corrected chi connectivity index (χ0v) is 20.1. The predicted octanol–water partition coefficient (Wildman–Crippen LogP) is 0.349. The highest BCUT2D eigenvalue weighted by Gasteiger charge is 2.26. The van der Waals surface area contributed by atoms with E-state index >= 15 is 0 Å². The molecule has 3 rings (SSSR count). The van der Waals surface area contributed by atoms with Crippen LogP contribution in [0.25, 0.3) is 10.9 Å². The minimum Gasteiger partial charge on any atom is -0.349 e. The number of nitrogens with one attached hydrogen (secondary N) is 2. The van der Waals surface area contributed by atoms with Crippen LogP contribution >= 0.6 is 11.8 Å². The first-order valence-corrected chi connectivity index (χ1v) is 12.9. The van der Waals surface area contributed by atoms with Crippen molar-refractivity contribution in [2.75, 3.05) is 12.0 Å². The van der Waals surface area contributed by atoms with Gasteiger partial charge in [-0.1, -0.05) is 6.07 Å². The topological polar surface area (TPSA) is 132 Å². The molecule has 1 unspecified atom stereocenters. The van der Waals surface area contributed by atoms with Crippen LogP contribution < -0.4 is 21.3 Å². The second-order valence-electron chi connectivity index (χ2n) is 7.38. The number of amides is 1. The molecule has 12 heteroatoms. The van der Waals surface area contributed by atoms with Gasteiger partial charge >= 0.3 is 5.69 Å². The van der Waals surface area contributed by atoms with Crippen molar-refractivity contribution >= 4 is 38.6 Å². The van der Waals surface area contributed by atoms with E-state index in [4.69, 9.17) is 0 Å². The number of rotatable bonds is 9. The van der Waals surface area contributed by atoms with Crippen molar-refractivity contribution in [1.82, 2.24) is 24.2 Å². The van der Waals surface area contributed by atoms with E-state index in [2.05, 4.69) is 15.0 Å². The molecular weight excluding hydrogens is 466 g/mol. The summed E-state index contributed by atoms with van der Waals surface area (Å²) >= 11 is 1.49. The van der Waals surface area contributed by atoms with Crippen LogP contribution in [-0.4, -0.2) is 46.5 Å². The predicted molar refractivity (Wildman–Crippen MR) is 128 cm³/mol. The number of nitrogens with zero attached hydrogens (tertiary/aromatic N) is 3. The highest BCUT2D eigenvalue weighted by Crippen LogP contribution is 2.16. The number of aryl methyl sites for hydroxylation is 1. The molecule has 2 aromatic heterocycles. The number of hydrogen-bond donors (Lipinski definition) is 2. The van der Waals surface area contributed by atoms with Gasteiger partial charge in [-0.05, 0) is 48.8 Å². The second kappa shape index (κ2) is 10.3. The Morgan fingerprint density at radius 2 is 1.91 bits per heavy atom. The fraction of sp³-hybridized carbons (Fsp3) is 0.333. The summed E-state index contributed by atoms with van der Waals surface area (Å²) in [4.78, 5) is 41.4. The zero-order valence-electron chi connectivity index (χ0n) is 18.4. The van der Waals surface area contributed by atoms with Crippen molar-refractivity contribution in [3.05, 3.63) is 69.1 Å². The van der Waals surface area contributed by atoms with Gasteiger partial charge in [-0.15, -0.1) is 0 Å². The molecular formula is C21H25N5O5S2. The Morgan fingerprint density at radius 1 is 1.15 bits per heavy atom. The normalized spacial score (nSPS) is 12.6.